The molecule has 0 radical (unpaired) electrons. The SMILES string of the molecule is CCOCn1c(-c2ccccc2)nc(I)c1I. The van der Waals surface area contributed by atoms with Crippen molar-refractivity contribution in [3.8, 4) is 11.4 Å². The molecule has 0 aliphatic rings. The number of aromatic nitrogens is 2. The second-order valence-corrected chi connectivity index (χ2v) is 5.48. The monoisotopic (exact) mass is 454 g/mol. The topological polar surface area (TPSA) is 27.1 Å². The lowest BCUT2D eigenvalue weighted by Gasteiger charge is -2.08. The zero-order chi connectivity index (χ0) is 12.3. The lowest BCUT2D eigenvalue weighted by molar-refractivity contribution is 0.0873. The van der Waals surface area contributed by atoms with Crippen molar-refractivity contribution in [3.63, 3.8) is 0 Å². The minimum Gasteiger partial charge on any atom is -0.361 e. The average molecular weight is 454 g/mol. The Hall–Kier alpha value is -0.150. The highest BCUT2D eigenvalue weighted by Crippen LogP contribution is 2.24. The molecule has 0 aliphatic carbocycles. The Morgan fingerprint density at radius 1 is 1.24 bits per heavy atom. The Kier molecular flexibility index (Phi) is 4.80. The van der Waals surface area contributed by atoms with Crippen molar-refractivity contribution in [2.75, 3.05) is 6.61 Å². The Labute approximate surface area is 128 Å². The van der Waals surface area contributed by atoms with Crippen molar-refractivity contribution < 1.29 is 4.74 Å². The molecule has 17 heavy (non-hydrogen) atoms. The van der Waals surface area contributed by atoms with Gasteiger partial charge in [-0.25, -0.2) is 4.98 Å². The van der Waals surface area contributed by atoms with Gasteiger partial charge in [0.05, 0.1) is 0 Å². The van der Waals surface area contributed by atoms with E-state index in [0.29, 0.717) is 13.3 Å². The van der Waals surface area contributed by atoms with E-state index in [-0.39, 0.29) is 0 Å². The molecule has 5 heteroatoms. The largest absolute Gasteiger partial charge is 0.361 e. The summed E-state index contributed by atoms with van der Waals surface area (Å²) in [6.07, 6.45) is 0. The molecule has 1 heterocycles. The minimum absolute atomic E-state index is 0.551. The van der Waals surface area contributed by atoms with Crippen LogP contribution in [0.25, 0.3) is 11.4 Å². The van der Waals surface area contributed by atoms with Crippen LogP contribution < -0.4 is 0 Å². The Balaban J connectivity index is 2.43. The summed E-state index contributed by atoms with van der Waals surface area (Å²) >= 11 is 4.56. The van der Waals surface area contributed by atoms with Crippen molar-refractivity contribution in [2.24, 2.45) is 0 Å². The normalized spacial score (nSPS) is 10.8. The summed E-state index contributed by atoms with van der Waals surface area (Å²) in [6, 6.07) is 10.2. The van der Waals surface area contributed by atoms with Crippen LogP contribution in [-0.2, 0) is 11.5 Å². The summed E-state index contributed by atoms with van der Waals surface area (Å²) in [6.45, 7) is 3.25. The molecule has 0 saturated carbocycles. The molecule has 0 amide bonds. The molecule has 0 bridgehead atoms. The van der Waals surface area contributed by atoms with Crippen LogP contribution in [0, 0.1) is 7.40 Å². The van der Waals surface area contributed by atoms with Crippen LogP contribution in [0.5, 0.6) is 0 Å². The second kappa shape index (κ2) is 6.14. The molecule has 2 aromatic rings. The van der Waals surface area contributed by atoms with Gasteiger partial charge in [0, 0.05) is 12.2 Å². The first kappa shape index (κ1) is 13.3. The third-order valence-corrected chi connectivity index (χ3v) is 5.20. The zero-order valence-electron chi connectivity index (χ0n) is 9.36. The van der Waals surface area contributed by atoms with Crippen LogP contribution in [-0.4, -0.2) is 16.2 Å². The summed E-state index contributed by atoms with van der Waals surface area (Å²) in [5, 5.41) is 0. The lowest BCUT2D eigenvalue weighted by atomic mass is 10.2. The number of hydrogen-bond donors (Lipinski definition) is 0. The van der Waals surface area contributed by atoms with Gasteiger partial charge in [0.1, 0.15) is 20.0 Å². The van der Waals surface area contributed by atoms with E-state index in [9.17, 15) is 0 Å². The van der Waals surface area contributed by atoms with Gasteiger partial charge in [0.25, 0.3) is 0 Å². The lowest BCUT2D eigenvalue weighted by Crippen LogP contribution is -2.06. The molecule has 0 saturated heterocycles. The van der Waals surface area contributed by atoms with Crippen LogP contribution in [0.15, 0.2) is 30.3 Å². The van der Waals surface area contributed by atoms with Crippen molar-refractivity contribution in [3.05, 3.63) is 37.7 Å². The molecule has 0 fully saturated rings. The number of halogens is 2. The van der Waals surface area contributed by atoms with Crippen molar-refractivity contribution >= 4 is 45.2 Å². The first-order valence-corrected chi connectivity index (χ1v) is 7.44. The van der Waals surface area contributed by atoms with E-state index < -0.39 is 0 Å². The molecule has 90 valence electrons. The summed E-state index contributed by atoms with van der Waals surface area (Å²) in [7, 11) is 0. The maximum absolute atomic E-state index is 5.49. The minimum atomic E-state index is 0.551. The smallest absolute Gasteiger partial charge is 0.143 e. The molecule has 1 aromatic heterocycles. The molecular weight excluding hydrogens is 442 g/mol. The second-order valence-electron chi connectivity index (χ2n) is 3.43. The van der Waals surface area contributed by atoms with Gasteiger partial charge in [-0.05, 0) is 52.1 Å². The fourth-order valence-electron chi connectivity index (χ4n) is 1.51. The summed E-state index contributed by atoms with van der Waals surface area (Å²) in [5.41, 5.74) is 1.12. The van der Waals surface area contributed by atoms with Crippen LogP contribution in [0.4, 0.5) is 0 Å². The van der Waals surface area contributed by atoms with Crippen LogP contribution in [0.1, 0.15) is 6.92 Å². The highest BCUT2D eigenvalue weighted by atomic mass is 127. The molecule has 3 nitrogen and oxygen atoms in total. The molecular formula is C12H12I2N2O. The van der Waals surface area contributed by atoms with E-state index in [0.717, 1.165) is 18.8 Å². The van der Waals surface area contributed by atoms with E-state index >= 15 is 0 Å². The van der Waals surface area contributed by atoms with Gasteiger partial charge in [0.15, 0.2) is 0 Å². The number of rotatable bonds is 4. The maximum Gasteiger partial charge on any atom is 0.143 e. The van der Waals surface area contributed by atoms with Gasteiger partial charge in [-0.15, -0.1) is 0 Å². The van der Waals surface area contributed by atoms with Gasteiger partial charge in [-0.1, -0.05) is 30.3 Å². The fraction of sp³-hybridized carbons (Fsp3) is 0.250. The van der Waals surface area contributed by atoms with E-state index in [1.54, 1.807) is 0 Å². The van der Waals surface area contributed by atoms with E-state index in [2.05, 4.69) is 66.9 Å². The number of ether oxygens (including phenoxy) is 1. The Morgan fingerprint density at radius 3 is 2.59 bits per heavy atom. The third kappa shape index (κ3) is 3.00. The summed E-state index contributed by atoms with van der Waals surface area (Å²) < 4.78 is 9.73. The standard InChI is InChI=1S/C12H12I2N2O/c1-2-17-8-16-11(14)10(13)15-12(16)9-6-4-3-5-7-9/h3-7H,2,8H2,1H3. The Morgan fingerprint density at radius 2 is 1.94 bits per heavy atom. The van der Waals surface area contributed by atoms with Crippen molar-refractivity contribution in [1.82, 2.24) is 9.55 Å². The molecule has 0 N–H and O–H groups in total. The average Bonchev–Trinajstić information content (AvgIpc) is 2.65. The third-order valence-electron chi connectivity index (χ3n) is 2.32. The Bertz CT molecular complexity index is 497. The molecule has 0 unspecified atom stereocenters. The van der Waals surface area contributed by atoms with Crippen LogP contribution >= 0.6 is 45.2 Å². The summed E-state index contributed by atoms with van der Waals surface area (Å²) in [5.74, 6) is 0.966. The summed E-state index contributed by atoms with van der Waals surface area (Å²) in [4.78, 5) is 4.60. The molecule has 0 aliphatic heterocycles. The van der Waals surface area contributed by atoms with Crippen LogP contribution in [0.2, 0.25) is 0 Å². The highest BCUT2D eigenvalue weighted by Gasteiger charge is 2.14. The van der Waals surface area contributed by atoms with Gasteiger partial charge in [0.2, 0.25) is 0 Å². The molecule has 0 spiro atoms. The number of hydrogen-bond acceptors (Lipinski definition) is 2. The number of benzene rings is 1. The molecule has 0 atom stereocenters. The fourth-order valence-corrected chi connectivity index (χ4v) is 2.52. The maximum atomic E-state index is 5.49. The van der Waals surface area contributed by atoms with E-state index in [1.807, 2.05) is 25.1 Å². The van der Waals surface area contributed by atoms with Crippen LogP contribution in [0.3, 0.4) is 0 Å². The van der Waals surface area contributed by atoms with Gasteiger partial charge in [-0.3, -0.25) is 4.57 Å². The molecule has 1 aromatic carbocycles. The molecule has 2 rings (SSSR count). The van der Waals surface area contributed by atoms with Gasteiger partial charge in [-0.2, -0.15) is 0 Å². The number of nitrogens with zero attached hydrogens (tertiary/aromatic N) is 2. The first-order chi connectivity index (χ1) is 8.24. The number of imidazole rings is 1. The van der Waals surface area contributed by atoms with Crippen molar-refractivity contribution in [2.45, 2.75) is 13.7 Å². The zero-order valence-corrected chi connectivity index (χ0v) is 13.7. The van der Waals surface area contributed by atoms with E-state index in [4.69, 9.17) is 4.74 Å². The predicted octanol–water partition coefficient (Wildman–Crippen LogP) is 3.75. The predicted molar refractivity (Wildman–Crippen MR) is 84.7 cm³/mol. The van der Waals surface area contributed by atoms with Gasteiger partial charge < -0.3 is 4.74 Å². The van der Waals surface area contributed by atoms with Gasteiger partial charge >= 0.3 is 0 Å². The quantitative estimate of drug-likeness (QED) is 0.659. The highest BCUT2D eigenvalue weighted by molar-refractivity contribution is 14.1. The van der Waals surface area contributed by atoms with E-state index in [1.165, 1.54) is 0 Å². The van der Waals surface area contributed by atoms with Crippen molar-refractivity contribution in [1.29, 1.82) is 0 Å². The first-order valence-electron chi connectivity index (χ1n) is 5.28.